The first-order chi connectivity index (χ1) is 8.14. The van der Waals surface area contributed by atoms with Gasteiger partial charge in [-0.15, -0.1) is 0 Å². The smallest absolute Gasteiger partial charge is 0.246 e. The van der Waals surface area contributed by atoms with E-state index in [-0.39, 0.29) is 12.5 Å². The van der Waals surface area contributed by atoms with Gasteiger partial charge in [0.25, 0.3) is 0 Å². The zero-order valence-electron chi connectivity index (χ0n) is 9.27. The molecule has 0 aromatic heterocycles. The molecule has 0 aliphatic carbocycles. The van der Waals surface area contributed by atoms with Gasteiger partial charge in [-0.2, -0.15) is 5.26 Å². The van der Waals surface area contributed by atoms with Gasteiger partial charge in [0, 0.05) is 12.3 Å². The van der Waals surface area contributed by atoms with Crippen LogP contribution in [-0.2, 0) is 9.53 Å². The van der Waals surface area contributed by atoms with Crippen LogP contribution in [0, 0.1) is 11.3 Å². The number of nitrogens with one attached hydrogen (secondary N) is 1. The predicted octanol–water partition coefficient (Wildman–Crippen LogP) is 0.615. The molecule has 1 saturated heterocycles. The predicted molar refractivity (Wildman–Crippen MR) is 62.1 cm³/mol. The molecule has 1 aromatic rings. The Balaban J connectivity index is 2.10. The van der Waals surface area contributed by atoms with Crippen molar-refractivity contribution in [2.24, 2.45) is 5.73 Å². The van der Waals surface area contributed by atoms with Crippen LogP contribution in [0.1, 0.15) is 12.0 Å². The lowest BCUT2D eigenvalue weighted by atomic mass is 9.99. The maximum Gasteiger partial charge on any atom is 0.246 e. The zero-order chi connectivity index (χ0) is 12.3. The van der Waals surface area contributed by atoms with Crippen molar-refractivity contribution in [1.82, 2.24) is 0 Å². The van der Waals surface area contributed by atoms with Crippen LogP contribution in [0.5, 0.6) is 0 Å². The number of nitrogens with two attached hydrogens (primary N) is 1. The molecule has 1 aliphatic rings. The minimum absolute atomic E-state index is 0.233. The van der Waals surface area contributed by atoms with E-state index < -0.39 is 5.54 Å². The summed E-state index contributed by atoms with van der Waals surface area (Å²) in [5, 5.41) is 11.5. The molecule has 1 unspecified atom stereocenters. The van der Waals surface area contributed by atoms with Gasteiger partial charge < -0.3 is 15.8 Å². The van der Waals surface area contributed by atoms with Gasteiger partial charge in [-0.25, -0.2) is 0 Å². The molecule has 0 radical (unpaired) electrons. The normalized spacial score (nSPS) is 23.1. The van der Waals surface area contributed by atoms with Crippen molar-refractivity contribution in [2.45, 2.75) is 12.0 Å². The van der Waals surface area contributed by atoms with E-state index in [2.05, 4.69) is 5.32 Å². The van der Waals surface area contributed by atoms with E-state index >= 15 is 0 Å². The minimum Gasteiger partial charge on any atom is -0.379 e. The highest BCUT2D eigenvalue weighted by molar-refractivity contribution is 5.98. The van der Waals surface area contributed by atoms with Gasteiger partial charge in [-0.05, 0) is 24.6 Å². The van der Waals surface area contributed by atoms with Crippen LogP contribution in [0.15, 0.2) is 24.3 Å². The Morgan fingerprint density at radius 1 is 1.59 bits per heavy atom. The van der Waals surface area contributed by atoms with Crippen molar-refractivity contribution in [2.75, 3.05) is 18.5 Å². The van der Waals surface area contributed by atoms with Crippen LogP contribution in [0.4, 0.5) is 5.69 Å². The summed E-state index contributed by atoms with van der Waals surface area (Å²) in [7, 11) is 0. The maximum atomic E-state index is 11.9. The summed E-state index contributed by atoms with van der Waals surface area (Å²) in [6.45, 7) is 0.735. The summed E-state index contributed by atoms with van der Waals surface area (Å²) in [4.78, 5) is 11.9. The van der Waals surface area contributed by atoms with Crippen LogP contribution in [0.2, 0.25) is 0 Å². The molecular weight excluding hydrogens is 218 g/mol. The van der Waals surface area contributed by atoms with Crippen LogP contribution in [0.25, 0.3) is 0 Å². The molecule has 0 spiro atoms. The lowest BCUT2D eigenvalue weighted by molar-refractivity contribution is -0.121. The Labute approximate surface area is 99.2 Å². The van der Waals surface area contributed by atoms with E-state index in [4.69, 9.17) is 15.7 Å². The maximum absolute atomic E-state index is 11.9. The SMILES string of the molecule is N#Cc1cccc(NC(=O)C2(N)CCOC2)c1. The van der Waals surface area contributed by atoms with Crippen molar-refractivity contribution >= 4 is 11.6 Å². The fraction of sp³-hybridized carbons (Fsp3) is 0.333. The number of carbonyl (C=O) groups excluding carboxylic acids is 1. The van der Waals surface area contributed by atoms with Crippen molar-refractivity contribution in [1.29, 1.82) is 5.26 Å². The van der Waals surface area contributed by atoms with Crippen LogP contribution >= 0.6 is 0 Å². The van der Waals surface area contributed by atoms with Gasteiger partial charge in [-0.3, -0.25) is 4.79 Å². The Morgan fingerprint density at radius 3 is 3.06 bits per heavy atom. The van der Waals surface area contributed by atoms with Gasteiger partial charge in [0.1, 0.15) is 5.54 Å². The van der Waals surface area contributed by atoms with E-state index in [0.717, 1.165) is 0 Å². The highest BCUT2D eigenvalue weighted by atomic mass is 16.5. The molecule has 5 nitrogen and oxygen atoms in total. The number of hydrogen-bond donors (Lipinski definition) is 2. The first-order valence-corrected chi connectivity index (χ1v) is 5.32. The number of rotatable bonds is 2. The molecule has 0 saturated carbocycles. The minimum atomic E-state index is -0.956. The van der Waals surface area contributed by atoms with Crippen molar-refractivity contribution < 1.29 is 9.53 Å². The number of amides is 1. The van der Waals surface area contributed by atoms with Crippen LogP contribution < -0.4 is 11.1 Å². The fourth-order valence-electron chi connectivity index (χ4n) is 1.68. The monoisotopic (exact) mass is 231 g/mol. The third kappa shape index (κ3) is 2.44. The molecule has 3 N–H and O–H groups in total. The quantitative estimate of drug-likeness (QED) is 0.780. The molecule has 1 amide bonds. The third-order valence-corrected chi connectivity index (χ3v) is 2.75. The molecular formula is C12H13N3O2. The molecule has 17 heavy (non-hydrogen) atoms. The van der Waals surface area contributed by atoms with E-state index in [1.54, 1.807) is 24.3 Å². The summed E-state index contributed by atoms with van der Waals surface area (Å²) >= 11 is 0. The Hall–Kier alpha value is -1.90. The van der Waals surface area contributed by atoms with Crippen molar-refractivity contribution in [3.63, 3.8) is 0 Å². The van der Waals surface area contributed by atoms with Crippen LogP contribution in [0.3, 0.4) is 0 Å². The number of hydrogen-bond acceptors (Lipinski definition) is 4. The summed E-state index contributed by atoms with van der Waals surface area (Å²) in [5.74, 6) is -0.273. The number of nitriles is 1. The highest BCUT2D eigenvalue weighted by Crippen LogP contribution is 2.18. The zero-order valence-corrected chi connectivity index (χ0v) is 9.27. The number of ether oxygens (including phenoxy) is 1. The van der Waals surface area contributed by atoms with Crippen molar-refractivity contribution in [3.8, 4) is 6.07 Å². The summed E-state index contributed by atoms with van der Waals surface area (Å²) in [6.07, 6.45) is 0.511. The molecule has 1 heterocycles. The van der Waals surface area contributed by atoms with E-state index in [9.17, 15) is 4.79 Å². The first-order valence-electron chi connectivity index (χ1n) is 5.32. The summed E-state index contributed by atoms with van der Waals surface area (Å²) in [5.41, 5.74) is 6.03. The van der Waals surface area contributed by atoms with Gasteiger partial charge in [-0.1, -0.05) is 6.07 Å². The van der Waals surface area contributed by atoms with Gasteiger partial charge in [0.15, 0.2) is 0 Å². The second-order valence-electron chi connectivity index (χ2n) is 4.11. The Morgan fingerprint density at radius 2 is 2.41 bits per heavy atom. The second kappa shape index (κ2) is 4.53. The molecule has 2 rings (SSSR count). The topological polar surface area (TPSA) is 88.1 Å². The lowest BCUT2D eigenvalue weighted by Gasteiger charge is -2.20. The number of anilines is 1. The van der Waals surface area contributed by atoms with E-state index in [0.29, 0.717) is 24.3 Å². The van der Waals surface area contributed by atoms with E-state index in [1.165, 1.54) is 0 Å². The second-order valence-corrected chi connectivity index (χ2v) is 4.11. The molecule has 88 valence electrons. The third-order valence-electron chi connectivity index (χ3n) is 2.75. The number of nitrogens with zero attached hydrogens (tertiary/aromatic N) is 1. The highest BCUT2D eigenvalue weighted by Gasteiger charge is 2.38. The number of carbonyl (C=O) groups is 1. The van der Waals surface area contributed by atoms with Gasteiger partial charge >= 0.3 is 0 Å². The molecule has 1 aliphatic heterocycles. The van der Waals surface area contributed by atoms with Crippen LogP contribution in [-0.4, -0.2) is 24.7 Å². The standard InChI is InChI=1S/C12H13N3O2/c13-7-9-2-1-3-10(6-9)15-11(16)12(14)4-5-17-8-12/h1-3,6H,4-5,8,14H2,(H,15,16). The molecule has 5 heteroatoms. The lowest BCUT2D eigenvalue weighted by Crippen LogP contribution is -2.51. The van der Waals surface area contributed by atoms with Crippen molar-refractivity contribution in [3.05, 3.63) is 29.8 Å². The Bertz CT molecular complexity index is 473. The molecule has 0 bridgehead atoms. The number of benzene rings is 1. The van der Waals surface area contributed by atoms with Gasteiger partial charge in [0.2, 0.25) is 5.91 Å². The largest absolute Gasteiger partial charge is 0.379 e. The Kier molecular flexibility index (Phi) is 3.09. The first kappa shape index (κ1) is 11.6. The average molecular weight is 231 g/mol. The molecule has 1 aromatic carbocycles. The molecule has 1 fully saturated rings. The van der Waals surface area contributed by atoms with E-state index in [1.807, 2.05) is 6.07 Å². The fourth-order valence-corrected chi connectivity index (χ4v) is 1.68. The summed E-state index contributed by atoms with van der Waals surface area (Å²) in [6, 6.07) is 8.72. The average Bonchev–Trinajstić information content (AvgIpc) is 2.78. The molecule has 1 atom stereocenters. The summed E-state index contributed by atoms with van der Waals surface area (Å²) < 4.78 is 5.13. The van der Waals surface area contributed by atoms with Gasteiger partial charge in [0.05, 0.1) is 18.2 Å².